The number of hydrogen-bond acceptors (Lipinski definition) is 5. The van der Waals surface area contributed by atoms with E-state index in [4.69, 9.17) is 9.47 Å². The molecule has 1 aromatic rings. The minimum absolute atomic E-state index is 0.0137. The van der Waals surface area contributed by atoms with Gasteiger partial charge in [-0.2, -0.15) is 13.2 Å². The summed E-state index contributed by atoms with van der Waals surface area (Å²) in [5.74, 6) is -0.267. The Morgan fingerprint density at radius 3 is 2.57 bits per heavy atom. The Hall–Kier alpha value is -3.08. The van der Waals surface area contributed by atoms with Crippen molar-refractivity contribution < 1.29 is 32.2 Å². The number of fused-ring (bicyclic) bond motifs is 1. The van der Waals surface area contributed by atoms with Gasteiger partial charge in [-0.3, -0.25) is 9.69 Å². The molecule has 0 radical (unpaired) electrons. The number of carbonyl (C=O) groups is 2. The summed E-state index contributed by atoms with van der Waals surface area (Å²) in [6.45, 7) is 1.89. The lowest BCUT2D eigenvalue weighted by molar-refractivity contribution is -0.138. The van der Waals surface area contributed by atoms with Gasteiger partial charge in [0.25, 0.3) is 5.91 Å². The number of rotatable bonds is 3. The molecule has 3 heterocycles. The van der Waals surface area contributed by atoms with Crippen LogP contribution in [0.2, 0.25) is 0 Å². The van der Waals surface area contributed by atoms with Crippen LogP contribution in [0.5, 0.6) is 0 Å². The molecule has 0 unspecified atom stereocenters. The summed E-state index contributed by atoms with van der Waals surface area (Å²) in [5, 5.41) is 0. The van der Waals surface area contributed by atoms with Gasteiger partial charge in [-0.15, -0.1) is 4.99 Å². The number of amidine groups is 1. The van der Waals surface area contributed by atoms with Gasteiger partial charge in [0.1, 0.15) is 0 Å². The third-order valence-electron chi connectivity index (χ3n) is 4.99. The van der Waals surface area contributed by atoms with E-state index in [1.165, 1.54) is 34.2 Å². The molecular weight excluding hydrogens is 405 g/mol. The molecule has 160 valence electrons. The van der Waals surface area contributed by atoms with Crippen molar-refractivity contribution in [2.24, 2.45) is 4.99 Å². The van der Waals surface area contributed by atoms with Crippen LogP contribution in [0.1, 0.15) is 11.1 Å². The van der Waals surface area contributed by atoms with Crippen LogP contribution in [0.3, 0.4) is 0 Å². The lowest BCUT2D eigenvalue weighted by atomic mass is 10.1. The van der Waals surface area contributed by atoms with Crippen LogP contribution in [0.15, 0.2) is 41.2 Å². The fraction of sp³-hybridized carbons (Fsp3) is 0.421. The lowest BCUT2D eigenvalue weighted by Gasteiger charge is -2.26. The SMILES string of the molecule is O=C1N=C2OC(C(=O)N3CCOCC3)=CN2CCN1Cc1ccccc1C(F)(F)F. The molecule has 30 heavy (non-hydrogen) atoms. The molecule has 3 aliphatic heterocycles. The predicted molar refractivity (Wildman–Crippen MR) is 98.0 cm³/mol. The average Bonchev–Trinajstić information content (AvgIpc) is 3.07. The van der Waals surface area contributed by atoms with Gasteiger partial charge in [0, 0.05) is 32.7 Å². The van der Waals surface area contributed by atoms with E-state index in [2.05, 4.69) is 4.99 Å². The fourth-order valence-corrected chi connectivity index (χ4v) is 3.41. The zero-order valence-electron chi connectivity index (χ0n) is 15.9. The van der Waals surface area contributed by atoms with Crippen LogP contribution in [-0.2, 0) is 27.0 Å². The van der Waals surface area contributed by atoms with Crippen LogP contribution < -0.4 is 0 Å². The molecule has 1 fully saturated rings. The molecule has 0 spiro atoms. The Balaban J connectivity index is 1.46. The highest BCUT2D eigenvalue weighted by molar-refractivity contribution is 6.00. The van der Waals surface area contributed by atoms with Crippen LogP contribution in [0.25, 0.3) is 0 Å². The van der Waals surface area contributed by atoms with Gasteiger partial charge in [-0.1, -0.05) is 18.2 Å². The van der Waals surface area contributed by atoms with Gasteiger partial charge in [-0.05, 0) is 11.6 Å². The molecule has 0 saturated carbocycles. The van der Waals surface area contributed by atoms with E-state index in [1.807, 2.05) is 0 Å². The molecule has 0 aliphatic carbocycles. The Morgan fingerprint density at radius 2 is 1.83 bits per heavy atom. The summed E-state index contributed by atoms with van der Waals surface area (Å²) in [6.07, 6.45) is -3.05. The van der Waals surface area contributed by atoms with Crippen molar-refractivity contribution >= 4 is 18.0 Å². The van der Waals surface area contributed by atoms with E-state index in [9.17, 15) is 22.8 Å². The third-order valence-corrected chi connectivity index (χ3v) is 4.99. The van der Waals surface area contributed by atoms with Gasteiger partial charge in [0.05, 0.1) is 25.0 Å². The summed E-state index contributed by atoms with van der Waals surface area (Å²) in [6, 6.07) is 4.34. The largest absolute Gasteiger partial charge is 0.418 e. The number of alkyl halides is 3. The van der Waals surface area contributed by atoms with Gasteiger partial charge in [0.15, 0.2) is 0 Å². The third kappa shape index (κ3) is 4.11. The molecule has 4 rings (SSSR count). The van der Waals surface area contributed by atoms with Gasteiger partial charge in [0.2, 0.25) is 5.76 Å². The van der Waals surface area contributed by atoms with E-state index in [1.54, 1.807) is 4.90 Å². The van der Waals surface area contributed by atoms with Crippen molar-refractivity contribution in [1.82, 2.24) is 14.7 Å². The zero-order valence-corrected chi connectivity index (χ0v) is 15.9. The first-order chi connectivity index (χ1) is 14.3. The molecule has 0 N–H and O–H groups in total. The number of benzene rings is 1. The number of halogens is 3. The standard InChI is InChI=1S/C19H19F3N4O4/c20-19(21,22)14-4-2-1-3-13(14)11-25-5-6-26-12-15(30-18(26)23-17(25)28)16(27)24-7-9-29-10-8-24/h1-4,12H,5-11H2. The highest BCUT2D eigenvalue weighted by Gasteiger charge is 2.36. The molecule has 1 aromatic carbocycles. The molecule has 0 atom stereocenters. The maximum atomic E-state index is 13.2. The first kappa shape index (κ1) is 20.2. The molecule has 3 amide bonds. The Morgan fingerprint density at radius 1 is 1.10 bits per heavy atom. The number of amides is 3. The number of hydrogen-bond donors (Lipinski definition) is 0. The van der Waals surface area contributed by atoms with E-state index in [-0.39, 0.29) is 42.9 Å². The average molecular weight is 424 g/mol. The van der Waals surface area contributed by atoms with Crippen LogP contribution in [0, 0.1) is 0 Å². The molecular formula is C19H19F3N4O4. The maximum Gasteiger partial charge on any atom is 0.416 e. The van der Waals surface area contributed by atoms with Crippen LogP contribution >= 0.6 is 0 Å². The Kier molecular flexibility index (Phi) is 5.37. The summed E-state index contributed by atoms with van der Waals surface area (Å²) in [4.78, 5) is 33.2. The molecule has 11 heteroatoms. The Bertz CT molecular complexity index is 909. The van der Waals surface area contributed by atoms with Crippen molar-refractivity contribution in [3.8, 4) is 0 Å². The molecule has 1 saturated heterocycles. The van der Waals surface area contributed by atoms with Crippen molar-refractivity contribution in [1.29, 1.82) is 0 Å². The number of ether oxygens (including phenoxy) is 2. The summed E-state index contributed by atoms with van der Waals surface area (Å²) < 4.78 is 50.4. The number of carbonyl (C=O) groups excluding carboxylic acids is 2. The highest BCUT2D eigenvalue weighted by Crippen LogP contribution is 2.32. The topological polar surface area (TPSA) is 74.7 Å². The second kappa shape index (κ2) is 7.98. The number of morpholine rings is 1. The first-order valence-electron chi connectivity index (χ1n) is 9.39. The summed E-state index contributed by atoms with van der Waals surface area (Å²) in [7, 11) is 0. The summed E-state index contributed by atoms with van der Waals surface area (Å²) >= 11 is 0. The van der Waals surface area contributed by atoms with Crippen molar-refractivity contribution in [3.63, 3.8) is 0 Å². The van der Waals surface area contributed by atoms with Crippen molar-refractivity contribution in [3.05, 3.63) is 47.4 Å². The maximum absolute atomic E-state index is 13.2. The number of urea groups is 1. The smallest absolute Gasteiger partial charge is 0.416 e. The highest BCUT2D eigenvalue weighted by atomic mass is 19.4. The predicted octanol–water partition coefficient (Wildman–Crippen LogP) is 2.03. The minimum Gasteiger partial charge on any atom is -0.418 e. The van der Waals surface area contributed by atoms with Gasteiger partial charge in [-0.25, -0.2) is 4.79 Å². The first-order valence-corrected chi connectivity index (χ1v) is 9.39. The lowest BCUT2D eigenvalue weighted by Crippen LogP contribution is -2.41. The number of nitrogens with zero attached hydrogens (tertiary/aromatic N) is 4. The Labute approximate surface area is 170 Å². The second-order valence-corrected chi connectivity index (χ2v) is 6.95. The van der Waals surface area contributed by atoms with E-state index in [0.29, 0.717) is 26.3 Å². The molecule has 8 nitrogen and oxygen atoms in total. The van der Waals surface area contributed by atoms with Crippen molar-refractivity contribution in [2.75, 3.05) is 39.4 Å². The van der Waals surface area contributed by atoms with E-state index < -0.39 is 17.8 Å². The van der Waals surface area contributed by atoms with Crippen molar-refractivity contribution in [2.45, 2.75) is 12.7 Å². The summed E-state index contributed by atoms with van der Waals surface area (Å²) in [5.41, 5.74) is -0.801. The molecule has 0 aromatic heterocycles. The van der Waals surface area contributed by atoms with Gasteiger partial charge >= 0.3 is 18.2 Å². The number of aliphatic imine (C=N–C) groups is 1. The monoisotopic (exact) mass is 424 g/mol. The van der Waals surface area contributed by atoms with Crippen LogP contribution in [0.4, 0.5) is 18.0 Å². The molecule has 0 bridgehead atoms. The zero-order chi connectivity index (χ0) is 21.3. The van der Waals surface area contributed by atoms with Gasteiger partial charge < -0.3 is 19.3 Å². The second-order valence-electron chi connectivity index (χ2n) is 6.95. The van der Waals surface area contributed by atoms with Crippen LogP contribution in [-0.4, -0.2) is 72.1 Å². The molecule has 3 aliphatic rings. The quantitative estimate of drug-likeness (QED) is 0.743. The van der Waals surface area contributed by atoms with E-state index >= 15 is 0 Å². The minimum atomic E-state index is -4.52. The van der Waals surface area contributed by atoms with E-state index in [0.717, 1.165) is 6.07 Å². The fourth-order valence-electron chi connectivity index (χ4n) is 3.41. The normalized spacial score (nSPS) is 19.7.